The molecule has 1 fully saturated rings. The van der Waals surface area contributed by atoms with E-state index in [4.69, 9.17) is 0 Å². The lowest BCUT2D eigenvalue weighted by atomic mass is 9.91. The van der Waals surface area contributed by atoms with Gasteiger partial charge in [0.25, 0.3) is 10.0 Å². The monoisotopic (exact) mass is 380 g/mol. The lowest BCUT2D eigenvalue weighted by molar-refractivity contribution is 0.204. The average molecular weight is 381 g/mol. The Morgan fingerprint density at radius 1 is 1.45 bits per heavy atom. The van der Waals surface area contributed by atoms with Gasteiger partial charge in [-0.05, 0) is 46.9 Å². The molecule has 2 heterocycles. The molecular formula is C13H21BrN2O2S2. The Labute approximate surface area is 133 Å². The van der Waals surface area contributed by atoms with Gasteiger partial charge in [-0.2, -0.15) is 4.31 Å². The zero-order valence-corrected chi connectivity index (χ0v) is 15.0. The van der Waals surface area contributed by atoms with Crippen molar-refractivity contribution in [3.05, 3.63) is 15.9 Å². The Morgan fingerprint density at radius 2 is 2.20 bits per heavy atom. The molecule has 1 aromatic heterocycles. The fourth-order valence-electron chi connectivity index (χ4n) is 2.73. The molecule has 2 unspecified atom stereocenters. The Morgan fingerprint density at radius 3 is 2.75 bits per heavy atom. The maximum absolute atomic E-state index is 12.6. The van der Waals surface area contributed by atoms with Crippen molar-refractivity contribution in [1.82, 2.24) is 9.62 Å². The number of sulfonamides is 1. The molecule has 1 aliphatic rings. The molecule has 0 aromatic carbocycles. The van der Waals surface area contributed by atoms with Gasteiger partial charge in [0.15, 0.2) is 0 Å². The standard InChI is InChI=1S/C13H21BrN2O2S2/c1-3-10-9-16(8-7-11(10)15-4-2)20(17,18)13-6-5-12(14)19-13/h5-6,10-11,15H,3-4,7-9H2,1-2H3. The third-order valence-corrected chi connectivity index (χ3v) is 7.79. The van der Waals surface area contributed by atoms with E-state index in [0.717, 1.165) is 23.2 Å². The summed E-state index contributed by atoms with van der Waals surface area (Å²) in [6.07, 6.45) is 1.88. The van der Waals surface area contributed by atoms with E-state index < -0.39 is 10.0 Å². The highest BCUT2D eigenvalue weighted by Gasteiger charge is 2.34. The maximum Gasteiger partial charge on any atom is 0.252 e. The van der Waals surface area contributed by atoms with Gasteiger partial charge in [-0.3, -0.25) is 0 Å². The number of halogens is 1. The second-order valence-electron chi connectivity index (χ2n) is 5.04. The Hall–Kier alpha value is 0.0500. The Balaban J connectivity index is 2.14. The van der Waals surface area contributed by atoms with E-state index in [1.807, 2.05) is 0 Å². The van der Waals surface area contributed by atoms with Gasteiger partial charge in [0, 0.05) is 19.1 Å². The van der Waals surface area contributed by atoms with Crippen LogP contribution in [-0.2, 0) is 10.0 Å². The van der Waals surface area contributed by atoms with Crippen molar-refractivity contribution < 1.29 is 8.42 Å². The molecule has 0 saturated carbocycles. The van der Waals surface area contributed by atoms with Crippen molar-refractivity contribution in [3.63, 3.8) is 0 Å². The van der Waals surface area contributed by atoms with Crippen LogP contribution in [0.1, 0.15) is 26.7 Å². The second-order valence-corrected chi connectivity index (χ2v) is 9.67. The maximum atomic E-state index is 12.6. The number of nitrogens with one attached hydrogen (secondary N) is 1. The lowest BCUT2D eigenvalue weighted by Gasteiger charge is -2.37. The van der Waals surface area contributed by atoms with E-state index in [2.05, 4.69) is 35.1 Å². The minimum Gasteiger partial charge on any atom is -0.314 e. The van der Waals surface area contributed by atoms with Crippen LogP contribution >= 0.6 is 27.3 Å². The first-order chi connectivity index (χ1) is 9.48. The van der Waals surface area contributed by atoms with Crippen LogP contribution in [0.15, 0.2) is 20.1 Å². The topological polar surface area (TPSA) is 49.4 Å². The van der Waals surface area contributed by atoms with E-state index in [1.54, 1.807) is 16.4 Å². The van der Waals surface area contributed by atoms with Crippen molar-refractivity contribution in [2.24, 2.45) is 5.92 Å². The molecule has 1 saturated heterocycles. The predicted molar refractivity (Wildman–Crippen MR) is 86.6 cm³/mol. The third-order valence-electron chi connectivity index (χ3n) is 3.83. The molecule has 1 aromatic rings. The highest BCUT2D eigenvalue weighted by Crippen LogP contribution is 2.31. The van der Waals surface area contributed by atoms with Crippen LogP contribution in [0, 0.1) is 5.92 Å². The van der Waals surface area contributed by atoms with E-state index in [1.165, 1.54) is 11.3 Å². The first-order valence-corrected chi connectivity index (χ1v) is 10.0. The molecule has 1 aliphatic heterocycles. The molecule has 0 spiro atoms. The summed E-state index contributed by atoms with van der Waals surface area (Å²) in [6.45, 7) is 6.38. The van der Waals surface area contributed by atoms with Crippen LogP contribution < -0.4 is 5.32 Å². The van der Waals surface area contributed by atoms with Crippen LogP contribution in [0.5, 0.6) is 0 Å². The van der Waals surface area contributed by atoms with Gasteiger partial charge in [-0.1, -0.05) is 20.3 Å². The number of piperidine rings is 1. The van der Waals surface area contributed by atoms with Crippen molar-refractivity contribution >= 4 is 37.3 Å². The van der Waals surface area contributed by atoms with E-state index >= 15 is 0 Å². The van der Waals surface area contributed by atoms with Gasteiger partial charge in [-0.15, -0.1) is 11.3 Å². The average Bonchev–Trinajstić information content (AvgIpc) is 2.87. The summed E-state index contributed by atoms with van der Waals surface area (Å²) in [6, 6.07) is 3.91. The van der Waals surface area contributed by atoms with Crippen molar-refractivity contribution in [3.8, 4) is 0 Å². The van der Waals surface area contributed by atoms with Crippen LogP contribution in [0.25, 0.3) is 0 Å². The summed E-state index contributed by atoms with van der Waals surface area (Å²) in [4.78, 5) is 0. The molecule has 2 rings (SSSR count). The van der Waals surface area contributed by atoms with E-state index in [-0.39, 0.29) is 0 Å². The highest BCUT2D eigenvalue weighted by atomic mass is 79.9. The summed E-state index contributed by atoms with van der Waals surface area (Å²) in [5.41, 5.74) is 0. The van der Waals surface area contributed by atoms with Crippen LogP contribution in [0.3, 0.4) is 0 Å². The fraction of sp³-hybridized carbons (Fsp3) is 0.692. The van der Waals surface area contributed by atoms with Gasteiger partial charge in [-0.25, -0.2) is 8.42 Å². The molecule has 114 valence electrons. The third kappa shape index (κ3) is 3.44. The molecule has 7 heteroatoms. The lowest BCUT2D eigenvalue weighted by Crippen LogP contribution is -2.50. The van der Waals surface area contributed by atoms with Gasteiger partial charge < -0.3 is 5.32 Å². The summed E-state index contributed by atoms with van der Waals surface area (Å²) in [5, 5.41) is 3.47. The summed E-state index contributed by atoms with van der Waals surface area (Å²) >= 11 is 4.61. The minimum atomic E-state index is -3.33. The van der Waals surface area contributed by atoms with Gasteiger partial charge in [0.2, 0.25) is 0 Å². The predicted octanol–water partition coefficient (Wildman–Crippen LogP) is 2.91. The zero-order valence-electron chi connectivity index (χ0n) is 11.8. The fourth-order valence-corrected chi connectivity index (χ4v) is 6.40. The second kappa shape index (κ2) is 6.87. The summed E-state index contributed by atoms with van der Waals surface area (Å²) < 4.78 is 28.2. The Kier molecular flexibility index (Phi) is 5.64. The Bertz CT molecular complexity index is 544. The molecule has 0 bridgehead atoms. The first kappa shape index (κ1) is 16.4. The molecular weight excluding hydrogens is 360 g/mol. The van der Waals surface area contributed by atoms with Gasteiger partial charge in [0.1, 0.15) is 4.21 Å². The largest absolute Gasteiger partial charge is 0.314 e. The van der Waals surface area contributed by atoms with Crippen molar-refractivity contribution in [1.29, 1.82) is 0 Å². The van der Waals surface area contributed by atoms with E-state index in [9.17, 15) is 8.42 Å². The minimum absolute atomic E-state index is 0.391. The van der Waals surface area contributed by atoms with Crippen LogP contribution in [-0.4, -0.2) is 38.4 Å². The van der Waals surface area contributed by atoms with Crippen molar-refractivity contribution in [2.75, 3.05) is 19.6 Å². The number of rotatable bonds is 5. The number of nitrogens with zero attached hydrogens (tertiary/aromatic N) is 1. The van der Waals surface area contributed by atoms with Crippen molar-refractivity contribution in [2.45, 2.75) is 36.9 Å². The van der Waals surface area contributed by atoms with Crippen LogP contribution in [0.4, 0.5) is 0 Å². The summed E-state index contributed by atoms with van der Waals surface area (Å²) in [5.74, 6) is 0.391. The molecule has 0 amide bonds. The molecule has 1 N–H and O–H groups in total. The molecule has 2 atom stereocenters. The molecule has 0 radical (unpaired) electrons. The smallest absolute Gasteiger partial charge is 0.252 e. The highest BCUT2D eigenvalue weighted by molar-refractivity contribution is 9.11. The van der Waals surface area contributed by atoms with E-state index in [0.29, 0.717) is 29.3 Å². The zero-order chi connectivity index (χ0) is 14.8. The number of hydrogen-bond acceptors (Lipinski definition) is 4. The molecule has 4 nitrogen and oxygen atoms in total. The van der Waals surface area contributed by atoms with Crippen LogP contribution in [0.2, 0.25) is 0 Å². The number of thiophene rings is 1. The SMILES string of the molecule is CCNC1CCN(S(=O)(=O)c2ccc(Br)s2)CC1CC. The van der Waals surface area contributed by atoms with Gasteiger partial charge >= 0.3 is 0 Å². The first-order valence-electron chi connectivity index (χ1n) is 6.97. The summed E-state index contributed by atoms with van der Waals surface area (Å²) in [7, 11) is -3.33. The molecule has 20 heavy (non-hydrogen) atoms. The molecule has 0 aliphatic carbocycles. The number of hydrogen-bond donors (Lipinski definition) is 1. The van der Waals surface area contributed by atoms with Gasteiger partial charge in [0.05, 0.1) is 3.79 Å². The normalized spacial score (nSPS) is 24.9. The quantitative estimate of drug-likeness (QED) is 0.853.